The zero-order chi connectivity index (χ0) is 11.4. The first-order valence-corrected chi connectivity index (χ1v) is 6.21. The molecule has 1 aliphatic heterocycles. The number of hydrogen-bond acceptors (Lipinski definition) is 2. The van der Waals surface area contributed by atoms with Crippen molar-refractivity contribution >= 4 is 5.78 Å². The molecule has 0 bridgehead atoms. The molecule has 3 heteroatoms. The Labute approximate surface area is 97.1 Å². The van der Waals surface area contributed by atoms with Gasteiger partial charge in [-0.05, 0) is 32.0 Å². The molecule has 2 rings (SSSR count). The van der Waals surface area contributed by atoms with Crippen LogP contribution in [-0.2, 0) is 6.54 Å². The molecule has 0 unspecified atom stereocenters. The van der Waals surface area contributed by atoms with Crippen LogP contribution in [-0.4, -0.2) is 34.9 Å². The number of Topliss-reactive ketones (excluding diaryl/α,β-unsaturated/α-hetero) is 1. The van der Waals surface area contributed by atoms with Crippen molar-refractivity contribution in [2.45, 2.75) is 32.7 Å². The summed E-state index contributed by atoms with van der Waals surface area (Å²) >= 11 is 0. The Kier molecular flexibility index (Phi) is 3.78. The van der Waals surface area contributed by atoms with Crippen LogP contribution < -0.4 is 0 Å². The van der Waals surface area contributed by atoms with Crippen molar-refractivity contribution in [2.24, 2.45) is 0 Å². The van der Waals surface area contributed by atoms with Crippen molar-refractivity contribution in [3.05, 3.63) is 24.0 Å². The molecule has 0 atom stereocenters. The van der Waals surface area contributed by atoms with E-state index in [1.165, 1.54) is 25.9 Å². The van der Waals surface area contributed by atoms with Crippen LogP contribution >= 0.6 is 0 Å². The first-order valence-electron chi connectivity index (χ1n) is 6.21. The number of carbonyl (C=O) groups is 1. The van der Waals surface area contributed by atoms with Gasteiger partial charge in [0.2, 0.25) is 0 Å². The van der Waals surface area contributed by atoms with E-state index in [2.05, 4.69) is 9.47 Å². The quantitative estimate of drug-likeness (QED) is 0.711. The molecule has 0 radical (unpaired) electrons. The summed E-state index contributed by atoms with van der Waals surface area (Å²) in [6.45, 7) is 6.49. The maximum absolute atomic E-state index is 11.5. The van der Waals surface area contributed by atoms with Gasteiger partial charge < -0.3 is 9.47 Å². The summed E-state index contributed by atoms with van der Waals surface area (Å²) < 4.78 is 2.13. The molecule has 0 aliphatic carbocycles. The van der Waals surface area contributed by atoms with Crippen molar-refractivity contribution in [1.29, 1.82) is 0 Å². The Bertz CT molecular complexity index is 351. The van der Waals surface area contributed by atoms with Gasteiger partial charge >= 0.3 is 0 Å². The van der Waals surface area contributed by atoms with Crippen molar-refractivity contribution < 1.29 is 4.79 Å². The third-order valence-corrected chi connectivity index (χ3v) is 3.27. The van der Waals surface area contributed by atoms with Gasteiger partial charge in [-0.2, -0.15) is 0 Å². The maximum Gasteiger partial charge on any atom is 0.164 e. The molecule has 1 aromatic heterocycles. The van der Waals surface area contributed by atoms with E-state index >= 15 is 0 Å². The van der Waals surface area contributed by atoms with Crippen molar-refractivity contribution in [2.75, 3.05) is 19.6 Å². The van der Waals surface area contributed by atoms with E-state index in [1.807, 2.05) is 25.4 Å². The van der Waals surface area contributed by atoms with E-state index in [1.54, 1.807) is 0 Å². The number of rotatable bonds is 5. The normalized spacial score (nSPS) is 16.8. The lowest BCUT2D eigenvalue weighted by molar-refractivity contribution is 0.0988. The first-order chi connectivity index (χ1) is 7.79. The molecule has 1 aromatic rings. The molecule has 3 nitrogen and oxygen atoms in total. The van der Waals surface area contributed by atoms with Gasteiger partial charge in [0.25, 0.3) is 0 Å². The fourth-order valence-corrected chi connectivity index (χ4v) is 2.21. The van der Waals surface area contributed by atoms with Crippen LogP contribution in [0, 0.1) is 0 Å². The van der Waals surface area contributed by atoms with Crippen molar-refractivity contribution in [1.82, 2.24) is 9.47 Å². The smallest absolute Gasteiger partial charge is 0.164 e. The van der Waals surface area contributed by atoms with Gasteiger partial charge in [-0.15, -0.1) is 0 Å². The van der Waals surface area contributed by atoms with E-state index in [4.69, 9.17) is 0 Å². The Balaban J connectivity index is 1.85. The topological polar surface area (TPSA) is 25.2 Å². The summed E-state index contributed by atoms with van der Waals surface area (Å²) in [5.74, 6) is 0.236. The molecule has 0 saturated carbocycles. The van der Waals surface area contributed by atoms with E-state index in [-0.39, 0.29) is 5.78 Å². The van der Waals surface area contributed by atoms with Gasteiger partial charge in [0.1, 0.15) is 0 Å². The fraction of sp³-hybridized carbons (Fsp3) is 0.615. The average molecular weight is 220 g/mol. The zero-order valence-corrected chi connectivity index (χ0v) is 9.98. The van der Waals surface area contributed by atoms with Gasteiger partial charge in [0.05, 0.1) is 0 Å². The molecule has 0 N–H and O–H groups in total. The lowest BCUT2D eigenvalue weighted by atomic mass is 10.2. The number of ketones is 1. The summed E-state index contributed by atoms with van der Waals surface area (Å²) in [6.07, 6.45) is 7.26. The van der Waals surface area contributed by atoms with E-state index in [0.29, 0.717) is 6.42 Å². The third kappa shape index (κ3) is 2.73. The summed E-state index contributed by atoms with van der Waals surface area (Å²) in [5, 5.41) is 0. The Morgan fingerprint density at radius 3 is 2.75 bits per heavy atom. The van der Waals surface area contributed by atoms with Crippen LogP contribution in [0.3, 0.4) is 0 Å². The van der Waals surface area contributed by atoms with Crippen LogP contribution in [0.4, 0.5) is 0 Å². The second-order valence-electron chi connectivity index (χ2n) is 4.46. The van der Waals surface area contributed by atoms with Crippen LogP contribution in [0.15, 0.2) is 18.5 Å². The second-order valence-corrected chi connectivity index (χ2v) is 4.46. The highest BCUT2D eigenvalue weighted by Crippen LogP contribution is 2.08. The first kappa shape index (κ1) is 11.4. The monoisotopic (exact) mass is 220 g/mol. The van der Waals surface area contributed by atoms with Crippen LogP contribution in [0.25, 0.3) is 0 Å². The molecule has 0 spiro atoms. The van der Waals surface area contributed by atoms with Gasteiger partial charge in [0.15, 0.2) is 5.78 Å². The summed E-state index contributed by atoms with van der Waals surface area (Å²) in [4.78, 5) is 14.0. The zero-order valence-electron chi connectivity index (χ0n) is 9.98. The minimum Gasteiger partial charge on any atom is -0.352 e. The lowest BCUT2D eigenvalue weighted by Crippen LogP contribution is -2.23. The molecule has 16 heavy (non-hydrogen) atoms. The number of carbonyl (C=O) groups excluding carboxylic acids is 1. The number of hydrogen-bond donors (Lipinski definition) is 0. The number of aromatic nitrogens is 1. The molecule has 1 fully saturated rings. The molecular formula is C13H20N2O. The third-order valence-electron chi connectivity index (χ3n) is 3.27. The standard InChI is InChI=1S/C13H20N2O/c1-2-13(16)12-5-8-15(11-12)10-9-14-6-3-4-7-14/h5,8,11H,2-4,6-7,9-10H2,1H3. The molecule has 88 valence electrons. The van der Waals surface area contributed by atoms with Crippen LogP contribution in [0.5, 0.6) is 0 Å². The number of likely N-dealkylation sites (tertiary alicyclic amines) is 1. The minimum atomic E-state index is 0.236. The predicted octanol–water partition coefficient (Wildman–Crippen LogP) is 2.18. The van der Waals surface area contributed by atoms with E-state index in [0.717, 1.165) is 18.7 Å². The van der Waals surface area contributed by atoms with E-state index < -0.39 is 0 Å². The van der Waals surface area contributed by atoms with E-state index in [9.17, 15) is 4.79 Å². The van der Waals surface area contributed by atoms with Gasteiger partial charge in [0, 0.05) is 37.5 Å². The van der Waals surface area contributed by atoms with Gasteiger partial charge in [-0.1, -0.05) is 6.92 Å². The SMILES string of the molecule is CCC(=O)c1ccn(CCN2CCCC2)c1. The predicted molar refractivity (Wildman–Crippen MR) is 64.7 cm³/mol. The highest BCUT2D eigenvalue weighted by atomic mass is 16.1. The van der Waals surface area contributed by atoms with Gasteiger partial charge in [-0.25, -0.2) is 0 Å². The van der Waals surface area contributed by atoms with Gasteiger partial charge in [-0.3, -0.25) is 4.79 Å². The minimum absolute atomic E-state index is 0.236. The van der Waals surface area contributed by atoms with Crippen molar-refractivity contribution in [3.8, 4) is 0 Å². The maximum atomic E-state index is 11.5. The van der Waals surface area contributed by atoms with Crippen LogP contribution in [0.1, 0.15) is 36.5 Å². The molecule has 1 saturated heterocycles. The van der Waals surface area contributed by atoms with Crippen LogP contribution in [0.2, 0.25) is 0 Å². The highest BCUT2D eigenvalue weighted by Gasteiger charge is 2.11. The summed E-state index contributed by atoms with van der Waals surface area (Å²) in [5.41, 5.74) is 0.851. The fourth-order valence-electron chi connectivity index (χ4n) is 2.21. The summed E-state index contributed by atoms with van der Waals surface area (Å²) in [6, 6.07) is 1.93. The molecule has 0 aromatic carbocycles. The molecule has 2 heterocycles. The average Bonchev–Trinajstić information content (AvgIpc) is 2.96. The Morgan fingerprint density at radius 1 is 1.31 bits per heavy atom. The lowest BCUT2D eigenvalue weighted by Gasteiger charge is -2.14. The Morgan fingerprint density at radius 2 is 2.06 bits per heavy atom. The highest BCUT2D eigenvalue weighted by molar-refractivity contribution is 5.95. The number of nitrogens with zero attached hydrogens (tertiary/aromatic N) is 2. The Hall–Kier alpha value is -1.09. The molecular weight excluding hydrogens is 200 g/mol. The molecule has 1 aliphatic rings. The summed E-state index contributed by atoms with van der Waals surface area (Å²) in [7, 11) is 0. The second kappa shape index (κ2) is 5.30. The largest absolute Gasteiger partial charge is 0.352 e. The van der Waals surface area contributed by atoms with Crippen molar-refractivity contribution in [3.63, 3.8) is 0 Å². The molecule has 0 amide bonds.